The highest BCUT2D eigenvalue weighted by Crippen LogP contribution is 2.23. The molecular formula is C11H6BrNO. The van der Waals surface area contributed by atoms with Crippen LogP contribution in [-0.4, -0.2) is 4.98 Å². The van der Waals surface area contributed by atoms with Gasteiger partial charge in [-0.2, -0.15) is 0 Å². The van der Waals surface area contributed by atoms with Gasteiger partial charge in [-0.15, -0.1) is 6.42 Å². The van der Waals surface area contributed by atoms with E-state index in [1.165, 1.54) is 0 Å². The van der Waals surface area contributed by atoms with Gasteiger partial charge in [0, 0.05) is 27.1 Å². The predicted octanol–water partition coefficient (Wildman–Crippen LogP) is 3.09. The highest BCUT2D eigenvalue weighted by Gasteiger charge is 2.03. The molecule has 2 rings (SSSR count). The SMILES string of the molecule is C#Cc1cccc(-c2cnc(Br)o2)c1. The summed E-state index contributed by atoms with van der Waals surface area (Å²) < 4.78 is 5.31. The smallest absolute Gasteiger partial charge is 0.264 e. The van der Waals surface area contributed by atoms with Crippen molar-refractivity contribution in [3.63, 3.8) is 0 Å². The van der Waals surface area contributed by atoms with Crippen LogP contribution in [0.25, 0.3) is 11.3 Å². The number of rotatable bonds is 1. The van der Waals surface area contributed by atoms with Crippen LogP contribution >= 0.6 is 15.9 Å². The average molecular weight is 248 g/mol. The molecule has 0 aliphatic rings. The Morgan fingerprint density at radius 3 is 2.93 bits per heavy atom. The van der Waals surface area contributed by atoms with Crippen LogP contribution in [0, 0.1) is 12.3 Å². The van der Waals surface area contributed by atoms with Gasteiger partial charge in [0.05, 0.1) is 6.20 Å². The molecule has 0 radical (unpaired) electrons. The Balaban J connectivity index is 2.47. The summed E-state index contributed by atoms with van der Waals surface area (Å²) in [5.74, 6) is 3.27. The molecule has 0 bridgehead atoms. The van der Waals surface area contributed by atoms with E-state index in [1.807, 2.05) is 24.3 Å². The summed E-state index contributed by atoms with van der Waals surface area (Å²) in [6.07, 6.45) is 6.95. The van der Waals surface area contributed by atoms with Gasteiger partial charge in [-0.25, -0.2) is 4.98 Å². The molecule has 1 aromatic carbocycles. The van der Waals surface area contributed by atoms with Crippen LogP contribution in [0.5, 0.6) is 0 Å². The van der Waals surface area contributed by atoms with Crippen molar-refractivity contribution >= 4 is 15.9 Å². The van der Waals surface area contributed by atoms with E-state index < -0.39 is 0 Å². The lowest BCUT2D eigenvalue weighted by Gasteiger charge is -1.95. The zero-order valence-corrected chi connectivity index (χ0v) is 8.78. The van der Waals surface area contributed by atoms with Gasteiger partial charge in [0.2, 0.25) is 0 Å². The molecule has 0 aliphatic carbocycles. The first-order valence-electron chi connectivity index (χ1n) is 3.98. The molecule has 0 amide bonds. The van der Waals surface area contributed by atoms with Crippen molar-refractivity contribution in [3.05, 3.63) is 40.8 Å². The Bertz CT molecular complexity index is 496. The fourth-order valence-electron chi connectivity index (χ4n) is 1.15. The maximum Gasteiger partial charge on any atom is 0.264 e. The topological polar surface area (TPSA) is 26.0 Å². The molecule has 0 saturated carbocycles. The molecule has 2 aromatic rings. The minimum atomic E-state index is 0.471. The summed E-state index contributed by atoms with van der Waals surface area (Å²) in [5.41, 5.74) is 1.76. The van der Waals surface area contributed by atoms with Crippen LogP contribution in [0.4, 0.5) is 0 Å². The predicted molar refractivity (Wildman–Crippen MR) is 57.6 cm³/mol. The maximum absolute atomic E-state index is 5.31. The van der Waals surface area contributed by atoms with Gasteiger partial charge >= 0.3 is 0 Å². The molecule has 14 heavy (non-hydrogen) atoms. The summed E-state index contributed by atoms with van der Waals surface area (Å²) in [4.78, 5) is 4.42. The van der Waals surface area contributed by atoms with Gasteiger partial charge in [-0.3, -0.25) is 0 Å². The summed E-state index contributed by atoms with van der Waals surface area (Å²) in [6, 6.07) is 7.57. The van der Waals surface area contributed by atoms with Crippen molar-refractivity contribution < 1.29 is 4.42 Å². The third-order valence-corrected chi connectivity index (χ3v) is 2.16. The van der Waals surface area contributed by atoms with E-state index in [9.17, 15) is 0 Å². The number of aromatic nitrogens is 1. The molecule has 68 valence electrons. The molecule has 0 spiro atoms. The van der Waals surface area contributed by atoms with E-state index in [0.29, 0.717) is 10.6 Å². The van der Waals surface area contributed by atoms with Gasteiger partial charge in [0.15, 0.2) is 5.76 Å². The Morgan fingerprint density at radius 1 is 1.43 bits per heavy atom. The summed E-state index contributed by atoms with van der Waals surface area (Å²) in [6.45, 7) is 0. The summed E-state index contributed by atoms with van der Waals surface area (Å²) in [7, 11) is 0. The molecule has 0 unspecified atom stereocenters. The van der Waals surface area contributed by atoms with Crippen molar-refractivity contribution in [2.45, 2.75) is 0 Å². The lowest BCUT2D eigenvalue weighted by atomic mass is 10.1. The standard InChI is InChI=1S/C11H6BrNO/c1-2-8-4-3-5-9(6-8)10-7-13-11(12)14-10/h1,3-7H. The molecule has 0 saturated heterocycles. The van der Waals surface area contributed by atoms with Crippen molar-refractivity contribution in [1.82, 2.24) is 4.98 Å². The number of hydrogen-bond donors (Lipinski definition) is 0. The Labute approximate surface area is 90.1 Å². The van der Waals surface area contributed by atoms with Gasteiger partial charge in [0.25, 0.3) is 4.80 Å². The zero-order chi connectivity index (χ0) is 9.97. The molecule has 1 aromatic heterocycles. The quantitative estimate of drug-likeness (QED) is 0.725. The molecule has 1 heterocycles. The lowest BCUT2D eigenvalue weighted by molar-refractivity contribution is 0.542. The third kappa shape index (κ3) is 1.70. The number of nitrogens with zero attached hydrogens (tertiary/aromatic N) is 1. The number of benzene rings is 1. The highest BCUT2D eigenvalue weighted by atomic mass is 79.9. The number of hydrogen-bond acceptors (Lipinski definition) is 2. The van der Waals surface area contributed by atoms with Crippen LogP contribution in [0.3, 0.4) is 0 Å². The van der Waals surface area contributed by atoms with Crippen LogP contribution in [0.1, 0.15) is 5.56 Å². The fourth-order valence-corrected chi connectivity index (χ4v) is 1.43. The van der Waals surface area contributed by atoms with Gasteiger partial charge in [-0.1, -0.05) is 18.1 Å². The first kappa shape index (κ1) is 9.04. The average Bonchev–Trinajstić information content (AvgIpc) is 2.65. The molecule has 0 aliphatic heterocycles. The van der Waals surface area contributed by atoms with E-state index in [-0.39, 0.29) is 0 Å². The Kier molecular flexibility index (Phi) is 2.38. The molecule has 2 nitrogen and oxygen atoms in total. The van der Waals surface area contributed by atoms with Gasteiger partial charge in [-0.05, 0) is 12.1 Å². The Morgan fingerprint density at radius 2 is 2.29 bits per heavy atom. The second-order valence-electron chi connectivity index (χ2n) is 2.70. The first-order chi connectivity index (χ1) is 6.79. The fraction of sp³-hybridized carbons (Fsp3) is 0. The minimum absolute atomic E-state index is 0.471. The summed E-state index contributed by atoms with van der Waals surface area (Å²) >= 11 is 3.15. The van der Waals surface area contributed by atoms with Crippen molar-refractivity contribution in [1.29, 1.82) is 0 Å². The molecular weight excluding hydrogens is 242 g/mol. The van der Waals surface area contributed by atoms with Gasteiger partial charge in [0.1, 0.15) is 0 Å². The van der Waals surface area contributed by atoms with E-state index in [0.717, 1.165) is 11.1 Å². The number of terminal acetylenes is 1. The second kappa shape index (κ2) is 3.69. The largest absolute Gasteiger partial charge is 0.431 e. The third-order valence-electron chi connectivity index (χ3n) is 1.79. The Hall–Kier alpha value is -1.53. The van der Waals surface area contributed by atoms with E-state index in [4.69, 9.17) is 10.8 Å². The zero-order valence-electron chi connectivity index (χ0n) is 7.20. The second-order valence-corrected chi connectivity index (χ2v) is 3.38. The van der Waals surface area contributed by atoms with Gasteiger partial charge < -0.3 is 4.42 Å². The molecule has 0 N–H and O–H groups in total. The van der Waals surface area contributed by atoms with Crippen molar-refractivity contribution in [2.24, 2.45) is 0 Å². The molecule has 0 fully saturated rings. The molecule has 3 heteroatoms. The van der Waals surface area contributed by atoms with Crippen molar-refractivity contribution in [3.8, 4) is 23.7 Å². The molecule has 0 atom stereocenters. The van der Waals surface area contributed by atoms with Crippen LogP contribution in [-0.2, 0) is 0 Å². The summed E-state index contributed by atoms with van der Waals surface area (Å²) in [5, 5.41) is 0. The minimum Gasteiger partial charge on any atom is -0.431 e. The van der Waals surface area contributed by atoms with Crippen molar-refractivity contribution in [2.75, 3.05) is 0 Å². The van der Waals surface area contributed by atoms with E-state index in [1.54, 1.807) is 6.20 Å². The number of oxazole rings is 1. The van der Waals surface area contributed by atoms with E-state index in [2.05, 4.69) is 26.8 Å². The van der Waals surface area contributed by atoms with Crippen LogP contribution in [0.2, 0.25) is 0 Å². The monoisotopic (exact) mass is 247 g/mol. The number of halogens is 1. The first-order valence-corrected chi connectivity index (χ1v) is 4.77. The van der Waals surface area contributed by atoms with Crippen LogP contribution < -0.4 is 0 Å². The highest BCUT2D eigenvalue weighted by molar-refractivity contribution is 9.10. The van der Waals surface area contributed by atoms with Crippen LogP contribution in [0.15, 0.2) is 39.7 Å². The lowest BCUT2D eigenvalue weighted by Crippen LogP contribution is -1.76. The van der Waals surface area contributed by atoms with E-state index >= 15 is 0 Å². The maximum atomic E-state index is 5.31. The normalized spacial score (nSPS) is 9.71.